The van der Waals surface area contributed by atoms with Crippen molar-refractivity contribution in [1.29, 1.82) is 0 Å². The molecule has 0 unspecified atom stereocenters. The summed E-state index contributed by atoms with van der Waals surface area (Å²) in [5.41, 5.74) is 4.67. The predicted molar refractivity (Wildman–Crippen MR) is 91.3 cm³/mol. The van der Waals surface area contributed by atoms with E-state index in [0.29, 0.717) is 5.75 Å². The fourth-order valence-corrected chi connectivity index (χ4v) is 1.55. The molecule has 0 aliphatic heterocycles. The standard InChI is InChI=1S/C18H28N2O2/c1-13(17(2,3)4)19-20-16(21)12-22-15-10-8-14(9-11-15)18(5,6)7/h8-11H,12H2,1-7H3,(H,20,21). The number of hydrogen-bond acceptors (Lipinski definition) is 3. The molecule has 1 amide bonds. The van der Waals surface area contributed by atoms with Crippen molar-refractivity contribution in [2.45, 2.75) is 53.9 Å². The third kappa shape index (κ3) is 5.88. The summed E-state index contributed by atoms with van der Waals surface area (Å²) < 4.78 is 5.47. The van der Waals surface area contributed by atoms with Gasteiger partial charge in [0.1, 0.15) is 5.75 Å². The number of carbonyl (C=O) groups is 1. The van der Waals surface area contributed by atoms with Gasteiger partial charge in [0.15, 0.2) is 6.61 Å². The first-order valence-corrected chi connectivity index (χ1v) is 7.57. The van der Waals surface area contributed by atoms with E-state index in [2.05, 4.69) is 31.3 Å². The van der Waals surface area contributed by atoms with Gasteiger partial charge in [0.05, 0.1) is 0 Å². The number of nitrogens with one attached hydrogen (secondary N) is 1. The molecule has 1 aromatic rings. The van der Waals surface area contributed by atoms with Crippen molar-refractivity contribution in [3.8, 4) is 5.75 Å². The monoisotopic (exact) mass is 304 g/mol. The zero-order chi connectivity index (χ0) is 17.0. The van der Waals surface area contributed by atoms with Crippen LogP contribution in [0, 0.1) is 5.41 Å². The third-order valence-electron chi connectivity index (χ3n) is 3.52. The van der Waals surface area contributed by atoms with E-state index in [9.17, 15) is 4.79 Å². The van der Waals surface area contributed by atoms with Gasteiger partial charge in [-0.1, -0.05) is 53.7 Å². The number of rotatable bonds is 4. The zero-order valence-corrected chi connectivity index (χ0v) is 14.8. The van der Waals surface area contributed by atoms with Crippen LogP contribution in [0.4, 0.5) is 0 Å². The molecule has 0 spiro atoms. The number of nitrogens with zero attached hydrogens (tertiary/aromatic N) is 1. The molecule has 0 radical (unpaired) electrons. The first-order chi connectivity index (χ1) is 10.00. The minimum Gasteiger partial charge on any atom is -0.484 e. The number of benzene rings is 1. The van der Waals surface area contributed by atoms with Crippen LogP contribution in [0.2, 0.25) is 0 Å². The molecule has 1 rings (SSSR count). The Labute approximate surface area is 134 Å². The Kier molecular flexibility index (Phi) is 5.75. The molecule has 0 bridgehead atoms. The second-order valence-corrected chi connectivity index (χ2v) is 7.55. The van der Waals surface area contributed by atoms with Crippen LogP contribution in [0.5, 0.6) is 5.75 Å². The zero-order valence-electron chi connectivity index (χ0n) is 14.8. The van der Waals surface area contributed by atoms with E-state index in [1.807, 2.05) is 52.0 Å². The molecule has 4 nitrogen and oxygen atoms in total. The van der Waals surface area contributed by atoms with Crippen molar-refractivity contribution in [2.24, 2.45) is 10.5 Å². The van der Waals surface area contributed by atoms with E-state index in [0.717, 1.165) is 5.71 Å². The minimum atomic E-state index is -0.261. The van der Waals surface area contributed by atoms with Gasteiger partial charge in [-0.3, -0.25) is 4.79 Å². The molecule has 22 heavy (non-hydrogen) atoms. The molecule has 122 valence electrons. The van der Waals surface area contributed by atoms with Gasteiger partial charge in [0, 0.05) is 11.1 Å². The Hall–Kier alpha value is -1.84. The number of ether oxygens (including phenoxy) is 1. The maximum Gasteiger partial charge on any atom is 0.277 e. The molecular formula is C18H28N2O2. The number of hydrogen-bond donors (Lipinski definition) is 1. The topological polar surface area (TPSA) is 50.7 Å². The van der Waals surface area contributed by atoms with Crippen LogP contribution in [0.15, 0.2) is 29.4 Å². The number of carbonyl (C=O) groups excluding carboxylic acids is 1. The minimum absolute atomic E-state index is 0.0458. The van der Waals surface area contributed by atoms with Gasteiger partial charge in [-0.25, -0.2) is 5.43 Å². The second kappa shape index (κ2) is 6.95. The van der Waals surface area contributed by atoms with Crippen molar-refractivity contribution in [3.63, 3.8) is 0 Å². The Morgan fingerprint density at radius 2 is 1.64 bits per heavy atom. The molecule has 1 N–H and O–H groups in total. The van der Waals surface area contributed by atoms with Crippen molar-refractivity contribution in [3.05, 3.63) is 29.8 Å². The highest BCUT2D eigenvalue weighted by Gasteiger charge is 2.15. The normalized spacial score (nSPS) is 13.0. The maximum atomic E-state index is 11.7. The lowest BCUT2D eigenvalue weighted by molar-refractivity contribution is -0.123. The lowest BCUT2D eigenvalue weighted by atomic mass is 9.87. The predicted octanol–water partition coefficient (Wildman–Crippen LogP) is 3.90. The van der Waals surface area contributed by atoms with Gasteiger partial charge in [0.25, 0.3) is 5.91 Å². The molecular weight excluding hydrogens is 276 g/mol. The van der Waals surface area contributed by atoms with Crippen LogP contribution in [-0.2, 0) is 10.2 Å². The fraction of sp³-hybridized carbons (Fsp3) is 0.556. The number of hydrazone groups is 1. The number of amides is 1. The highest BCUT2D eigenvalue weighted by molar-refractivity contribution is 5.88. The molecule has 0 saturated heterocycles. The molecule has 4 heteroatoms. The average Bonchev–Trinajstić information content (AvgIpc) is 2.40. The van der Waals surface area contributed by atoms with Crippen molar-refractivity contribution < 1.29 is 9.53 Å². The lowest BCUT2D eigenvalue weighted by Gasteiger charge is -2.19. The van der Waals surface area contributed by atoms with Gasteiger partial charge in [0.2, 0.25) is 0 Å². The summed E-state index contributed by atoms with van der Waals surface area (Å²) in [6, 6.07) is 7.82. The quantitative estimate of drug-likeness (QED) is 0.677. The summed E-state index contributed by atoms with van der Waals surface area (Å²) in [6.07, 6.45) is 0. The molecule has 0 saturated carbocycles. The maximum absolute atomic E-state index is 11.7. The SMILES string of the molecule is CC(=NNC(=O)COc1ccc(C(C)(C)C)cc1)C(C)(C)C. The summed E-state index contributed by atoms with van der Waals surface area (Å²) in [5, 5.41) is 4.09. The van der Waals surface area contributed by atoms with Crippen LogP contribution < -0.4 is 10.2 Å². The first-order valence-electron chi connectivity index (χ1n) is 7.57. The molecule has 1 aromatic carbocycles. The summed E-state index contributed by atoms with van der Waals surface area (Å²) in [5.74, 6) is 0.420. The Bertz CT molecular complexity index is 532. The molecule has 0 aliphatic rings. The van der Waals surface area contributed by atoms with E-state index >= 15 is 0 Å². The molecule has 0 aliphatic carbocycles. The Morgan fingerprint density at radius 1 is 1.09 bits per heavy atom. The Morgan fingerprint density at radius 3 is 2.09 bits per heavy atom. The van der Waals surface area contributed by atoms with Gasteiger partial charge in [-0.15, -0.1) is 0 Å². The summed E-state index contributed by atoms with van der Waals surface area (Å²) >= 11 is 0. The van der Waals surface area contributed by atoms with Crippen molar-refractivity contribution in [1.82, 2.24) is 5.43 Å². The fourth-order valence-electron chi connectivity index (χ4n) is 1.55. The van der Waals surface area contributed by atoms with E-state index in [-0.39, 0.29) is 23.3 Å². The van der Waals surface area contributed by atoms with Crippen LogP contribution in [0.1, 0.15) is 54.0 Å². The van der Waals surface area contributed by atoms with E-state index in [1.54, 1.807) is 0 Å². The molecule has 0 fully saturated rings. The van der Waals surface area contributed by atoms with Crippen LogP contribution in [0.25, 0.3) is 0 Å². The largest absolute Gasteiger partial charge is 0.484 e. The molecule has 0 atom stereocenters. The highest BCUT2D eigenvalue weighted by atomic mass is 16.5. The second-order valence-electron chi connectivity index (χ2n) is 7.55. The first kappa shape index (κ1) is 18.2. The summed E-state index contributed by atoms with van der Waals surface area (Å²) in [6.45, 7) is 14.5. The van der Waals surface area contributed by atoms with Gasteiger partial charge >= 0.3 is 0 Å². The third-order valence-corrected chi connectivity index (χ3v) is 3.52. The summed E-state index contributed by atoms with van der Waals surface area (Å²) in [7, 11) is 0. The van der Waals surface area contributed by atoms with E-state index < -0.39 is 0 Å². The van der Waals surface area contributed by atoms with Crippen LogP contribution in [0.3, 0.4) is 0 Å². The Balaban J connectivity index is 2.51. The van der Waals surface area contributed by atoms with Crippen molar-refractivity contribution in [2.75, 3.05) is 6.61 Å². The smallest absolute Gasteiger partial charge is 0.277 e. The molecule has 0 aromatic heterocycles. The van der Waals surface area contributed by atoms with Crippen molar-refractivity contribution >= 4 is 11.6 Å². The van der Waals surface area contributed by atoms with Gasteiger partial charge < -0.3 is 4.74 Å². The lowest BCUT2D eigenvalue weighted by Crippen LogP contribution is -2.28. The van der Waals surface area contributed by atoms with Gasteiger partial charge in [-0.2, -0.15) is 5.10 Å². The van der Waals surface area contributed by atoms with Gasteiger partial charge in [-0.05, 0) is 30.0 Å². The highest BCUT2D eigenvalue weighted by Crippen LogP contribution is 2.24. The average molecular weight is 304 g/mol. The van der Waals surface area contributed by atoms with E-state index in [4.69, 9.17) is 4.74 Å². The summed E-state index contributed by atoms with van der Waals surface area (Å²) in [4.78, 5) is 11.7. The van der Waals surface area contributed by atoms with Crippen LogP contribution >= 0.6 is 0 Å². The van der Waals surface area contributed by atoms with E-state index in [1.165, 1.54) is 5.56 Å². The molecule has 0 heterocycles. The van der Waals surface area contributed by atoms with Crippen LogP contribution in [-0.4, -0.2) is 18.2 Å².